The van der Waals surface area contributed by atoms with Crippen LogP contribution < -0.4 is 5.32 Å². The Labute approximate surface area is 96.9 Å². The van der Waals surface area contributed by atoms with Gasteiger partial charge in [-0.25, -0.2) is 0 Å². The van der Waals surface area contributed by atoms with Crippen LogP contribution in [0.1, 0.15) is 17.9 Å². The molecule has 1 rings (SSSR count). The van der Waals surface area contributed by atoms with E-state index in [2.05, 4.69) is 5.32 Å². The number of furan rings is 1. The van der Waals surface area contributed by atoms with Crippen LogP contribution in [0.25, 0.3) is 0 Å². The summed E-state index contributed by atoms with van der Waals surface area (Å²) in [6, 6.07) is 3.96. The summed E-state index contributed by atoms with van der Waals surface area (Å²) in [5.41, 5.74) is 0. The molecule has 0 radical (unpaired) electrons. The molecular weight excluding hydrogens is 206 g/mol. The lowest BCUT2D eigenvalue weighted by Crippen LogP contribution is -2.19. The van der Waals surface area contributed by atoms with Crippen molar-refractivity contribution < 1.29 is 13.9 Å². The Hall–Kier alpha value is -0.840. The fourth-order valence-electron chi connectivity index (χ4n) is 1.34. The van der Waals surface area contributed by atoms with Gasteiger partial charge in [0.05, 0.1) is 13.2 Å². The second kappa shape index (κ2) is 8.33. The van der Waals surface area contributed by atoms with Gasteiger partial charge in [0.15, 0.2) is 0 Å². The molecule has 0 aromatic carbocycles. The summed E-state index contributed by atoms with van der Waals surface area (Å²) in [5.74, 6) is 1.92. The van der Waals surface area contributed by atoms with E-state index in [1.165, 1.54) is 0 Å². The van der Waals surface area contributed by atoms with Gasteiger partial charge in [0, 0.05) is 26.9 Å². The van der Waals surface area contributed by atoms with E-state index in [4.69, 9.17) is 13.9 Å². The smallest absolute Gasteiger partial charge is 0.117 e. The SMILES string of the molecule is COCCCOCCNCc1ccc(C)o1. The molecule has 0 aliphatic carbocycles. The number of rotatable bonds is 9. The van der Waals surface area contributed by atoms with Crippen LogP contribution in [-0.2, 0) is 16.0 Å². The van der Waals surface area contributed by atoms with Crippen molar-refractivity contribution in [1.29, 1.82) is 0 Å². The van der Waals surface area contributed by atoms with Gasteiger partial charge in [0.1, 0.15) is 11.5 Å². The maximum atomic E-state index is 5.42. The van der Waals surface area contributed by atoms with Crippen LogP contribution >= 0.6 is 0 Å². The minimum atomic E-state index is 0.726. The quantitative estimate of drug-likeness (QED) is 0.652. The van der Waals surface area contributed by atoms with Crippen LogP contribution in [0.3, 0.4) is 0 Å². The minimum Gasteiger partial charge on any atom is -0.465 e. The molecule has 0 atom stereocenters. The van der Waals surface area contributed by atoms with Crippen LogP contribution in [-0.4, -0.2) is 33.5 Å². The third-order valence-corrected chi connectivity index (χ3v) is 2.16. The zero-order valence-electron chi connectivity index (χ0n) is 10.1. The van der Waals surface area contributed by atoms with Crippen molar-refractivity contribution in [2.45, 2.75) is 19.9 Å². The zero-order chi connectivity index (χ0) is 11.6. The molecule has 0 aliphatic rings. The molecule has 1 N–H and O–H groups in total. The van der Waals surface area contributed by atoms with Crippen molar-refractivity contribution in [1.82, 2.24) is 5.32 Å². The van der Waals surface area contributed by atoms with Gasteiger partial charge < -0.3 is 19.2 Å². The van der Waals surface area contributed by atoms with E-state index in [1.807, 2.05) is 19.1 Å². The summed E-state index contributed by atoms with van der Waals surface area (Å²) in [6.45, 7) is 5.79. The molecule has 0 amide bonds. The Bertz CT molecular complexity index is 273. The topological polar surface area (TPSA) is 43.6 Å². The van der Waals surface area contributed by atoms with Crippen molar-refractivity contribution in [2.24, 2.45) is 0 Å². The van der Waals surface area contributed by atoms with E-state index in [0.29, 0.717) is 0 Å². The molecule has 0 fully saturated rings. The molecule has 4 heteroatoms. The van der Waals surface area contributed by atoms with Crippen LogP contribution in [0.5, 0.6) is 0 Å². The Morgan fingerprint density at radius 2 is 2.12 bits per heavy atom. The summed E-state index contributed by atoms with van der Waals surface area (Å²) in [7, 11) is 1.70. The van der Waals surface area contributed by atoms with Gasteiger partial charge in [-0.15, -0.1) is 0 Å². The normalized spacial score (nSPS) is 10.9. The van der Waals surface area contributed by atoms with E-state index >= 15 is 0 Å². The van der Waals surface area contributed by atoms with Gasteiger partial charge in [-0.05, 0) is 25.5 Å². The first kappa shape index (κ1) is 13.2. The summed E-state index contributed by atoms with van der Waals surface area (Å²) in [6.07, 6.45) is 0.952. The summed E-state index contributed by atoms with van der Waals surface area (Å²) >= 11 is 0. The van der Waals surface area contributed by atoms with E-state index in [1.54, 1.807) is 7.11 Å². The monoisotopic (exact) mass is 227 g/mol. The highest BCUT2D eigenvalue weighted by atomic mass is 16.5. The Morgan fingerprint density at radius 3 is 2.81 bits per heavy atom. The Balaban J connectivity index is 1.88. The van der Waals surface area contributed by atoms with Crippen molar-refractivity contribution in [3.8, 4) is 0 Å². The van der Waals surface area contributed by atoms with E-state index in [9.17, 15) is 0 Å². The van der Waals surface area contributed by atoms with E-state index in [0.717, 1.165) is 50.9 Å². The number of ether oxygens (including phenoxy) is 2. The fraction of sp³-hybridized carbons (Fsp3) is 0.667. The highest BCUT2D eigenvalue weighted by Crippen LogP contribution is 2.04. The first-order valence-electron chi connectivity index (χ1n) is 5.65. The fourth-order valence-corrected chi connectivity index (χ4v) is 1.34. The Morgan fingerprint density at radius 1 is 1.25 bits per heavy atom. The average Bonchev–Trinajstić information content (AvgIpc) is 2.68. The first-order chi connectivity index (χ1) is 7.83. The van der Waals surface area contributed by atoms with Gasteiger partial charge in [0.2, 0.25) is 0 Å². The second-order valence-corrected chi connectivity index (χ2v) is 3.65. The van der Waals surface area contributed by atoms with Crippen molar-refractivity contribution >= 4 is 0 Å². The van der Waals surface area contributed by atoms with Crippen LogP contribution in [0.4, 0.5) is 0 Å². The molecule has 0 spiro atoms. The molecule has 0 saturated heterocycles. The third kappa shape index (κ3) is 5.90. The number of methoxy groups -OCH3 is 1. The maximum Gasteiger partial charge on any atom is 0.117 e. The number of aryl methyl sites for hydroxylation is 1. The standard InChI is InChI=1S/C12H21NO3/c1-11-4-5-12(16-11)10-13-6-9-15-8-3-7-14-2/h4-5,13H,3,6-10H2,1-2H3. The number of hydrogen-bond acceptors (Lipinski definition) is 4. The van der Waals surface area contributed by atoms with Crippen molar-refractivity contribution in [2.75, 3.05) is 33.5 Å². The summed E-state index contributed by atoms with van der Waals surface area (Å²) in [5, 5.41) is 3.26. The molecule has 0 saturated carbocycles. The van der Waals surface area contributed by atoms with Gasteiger partial charge in [0.25, 0.3) is 0 Å². The maximum absolute atomic E-state index is 5.42. The lowest BCUT2D eigenvalue weighted by Gasteiger charge is -2.04. The van der Waals surface area contributed by atoms with E-state index < -0.39 is 0 Å². The predicted molar refractivity (Wildman–Crippen MR) is 62.5 cm³/mol. The number of hydrogen-bond donors (Lipinski definition) is 1. The molecule has 0 bridgehead atoms. The molecular formula is C12H21NO3. The molecule has 92 valence electrons. The average molecular weight is 227 g/mol. The van der Waals surface area contributed by atoms with Gasteiger partial charge >= 0.3 is 0 Å². The van der Waals surface area contributed by atoms with Crippen molar-refractivity contribution in [3.63, 3.8) is 0 Å². The highest BCUT2D eigenvalue weighted by Gasteiger charge is 1.97. The third-order valence-electron chi connectivity index (χ3n) is 2.16. The summed E-state index contributed by atoms with van der Waals surface area (Å²) in [4.78, 5) is 0. The first-order valence-corrected chi connectivity index (χ1v) is 5.65. The molecule has 4 nitrogen and oxygen atoms in total. The van der Waals surface area contributed by atoms with Crippen LogP contribution in [0, 0.1) is 6.92 Å². The minimum absolute atomic E-state index is 0.726. The highest BCUT2D eigenvalue weighted by molar-refractivity contribution is 5.04. The zero-order valence-corrected chi connectivity index (χ0v) is 10.1. The lowest BCUT2D eigenvalue weighted by molar-refractivity contribution is 0.104. The van der Waals surface area contributed by atoms with Gasteiger partial charge in [-0.3, -0.25) is 0 Å². The Kier molecular flexibility index (Phi) is 6.88. The predicted octanol–water partition coefficient (Wildman–Crippen LogP) is 1.73. The van der Waals surface area contributed by atoms with Crippen LogP contribution in [0.15, 0.2) is 16.5 Å². The largest absolute Gasteiger partial charge is 0.465 e. The molecule has 0 aliphatic heterocycles. The molecule has 1 aromatic heterocycles. The molecule has 16 heavy (non-hydrogen) atoms. The van der Waals surface area contributed by atoms with E-state index in [-0.39, 0.29) is 0 Å². The van der Waals surface area contributed by atoms with Gasteiger partial charge in [-0.2, -0.15) is 0 Å². The lowest BCUT2D eigenvalue weighted by atomic mass is 10.4. The second-order valence-electron chi connectivity index (χ2n) is 3.65. The summed E-state index contributed by atoms with van der Waals surface area (Å²) < 4.78 is 15.8. The van der Waals surface area contributed by atoms with Gasteiger partial charge in [-0.1, -0.05) is 0 Å². The molecule has 1 heterocycles. The number of nitrogens with one attached hydrogen (secondary N) is 1. The van der Waals surface area contributed by atoms with Crippen molar-refractivity contribution in [3.05, 3.63) is 23.7 Å². The molecule has 1 aromatic rings. The van der Waals surface area contributed by atoms with Crippen LogP contribution in [0.2, 0.25) is 0 Å². The molecule has 0 unspecified atom stereocenters.